The van der Waals surface area contributed by atoms with Crippen LogP contribution in [-0.2, 0) is 16.6 Å². The van der Waals surface area contributed by atoms with Gasteiger partial charge in [-0.25, -0.2) is 9.78 Å². The Labute approximate surface area is 187 Å². The summed E-state index contributed by atoms with van der Waals surface area (Å²) in [7, 11) is 0. The molecule has 0 unspecified atom stereocenters. The van der Waals surface area contributed by atoms with Crippen LogP contribution in [-0.4, -0.2) is 31.6 Å². The Hall–Kier alpha value is -1.89. The largest absolute Gasteiger partial charge is 0.458 e. The Morgan fingerprint density at radius 2 is 2.03 bits per heavy atom. The van der Waals surface area contributed by atoms with Gasteiger partial charge in [0.05, 0.1) is 11.9 Å². The van der Waals surface area contributed by atoms with E-state index in [9.17, 15) is 4.79 Å². The number of carbonyl (C=O) groups excluding carboxylic acids is 1. The minimum Gasteiger partial charge on any atom is -0.458 e. The molecule has 0 bridgehead atoms. The van der Waals surface area contributed by atoms with Gasteiger partial charge in [0.1, 0.15) is 6.10 Å². The van der Waals surface area contributed by atoms with Crippen LogP contribution in [0.5, 0.6) is 0 Å². The van der Waals surface area contributed by atoms with E-state index in [-0.39, 0.29) is 17.5 Å². The number of ether oxygens (including phenoxy) is 1. The van der Waals surface area contributed by atoms with Gasteiger partial charge in [0, 0.05) is 22.7 Å². The summed E-state index contributed by atoms with van der Waals surface area (Å²) >= 11 is 1.62. The zero-order valence-corrected chi connectivity index (χ0v) is 19.1. The number of esters is 1. The van der Waals surface area contributed by atoms with Crippen molar-refractivity contribution in [2.75, 3.05) is 0 Å². The lowest BCUT2D eigenvalue weighted by molar-refractivity contribution is -0.113. The molecule has 0 aromatic carbocycles. The highest BCUT2D eigenvalue weighted by Gasteiger charge is 2.60. The highest BCUT2D eigenvalue weighted by Crippen LogP contribution is 2.65. The molecule has 2 heterocycles. The van der Waals surface area contributed by atoms with Gasteiger partial charge >= 0.3 is 5.97 Å². The minimum atomic E-state index is -0.331. The lowest BCUT2D eigenvalue weighted by atomic mass is 9.45. The third kappa shape index (κ3) is 2.91. The van der Waals surface area contributed by atoms with E-state index >= 15 is 0 Å². The first-order chi connectivity index (χ1) is 15.0. The summed E-state index contributed by atoms with van der Waals surface area (Å²) < 4.78 is 10.1. The normalized spacial score (nSPS) is 40.9. The van der Waals surface area contributed by atoms with Crippen LogP contribution in [0.4, 0.5) is 0 Å². The van der Waals surface area contributed by atoms with Crippen molar-refractivity contribution < 1.29 is 9.53 Å². The number of aromatic nitrogens is 4. The smallest absolute Gasteiger partial charge is 0.358 e. The Kier molecular flexibility index (Phi) is 4.50. The maximum atomic E-state index is 12.5. The second-order valence-corrected chi connectivity index (χ2v) is 11.6. The number of hydrogen-bond acceptors (Lipinski definition) is 7. The van der Waals surface area contributed by atoms with Gasteiger partial charge in [-0.2, -0.15) is 0 Å². The summed E-state index contributed by atoms with van der Waals surface area (Å²) in [5.41, 5.74) is 2.22. The fraction of sp³-hybridized carbons (Fsp3) is 0.708. The molecule has 2 aromatic heterocycles. The average Bonchev–Trinajstić information content (AvgIpc) is 3.35. The van der Waals surface area contributed by atoms with Crippen LogP contribution in [0.1, 0.15) is 79.9 Å². The lowest BCUT2D eigenvalue weighted by Crippen LogP contribution is -2.54. The number of hydrogen-bond donors (Lipinski definition) is 0. The van der Waals surface area contributed by atoms with E-state index in [4.69, 9.17) is 4.74 Å². The lowest BCUT2D eigenvalue weighted by Gasteiger charge is -2.60. The van der Waals surface area contributed by atoms with E-state index in [0.717, 1.165) is 37.0 Å². The molecule has 0 radical (unpaired) electrons. The van der Waals surface area contributed by atoms with Crippen LogP contribution in [0.25, 0.3) is 0 Å². The van der Waals surface area contributed by atoms with Crippen LogP contribution >= 0.6 is 11.5 Å². The molecular formula is C24H30N4O2S. The summed E-state index contributed by atoms with van der Waals surface area (Å²) in [6.07, 6.45) is 14.0. The van der Waals surface area contributed by atoms with Crippen molar-refractivity contribution in [1.82, 2.24) is 19.6 Å². The van der Waals surface area contributed by atoms with Gasteiger partial charge in [0.15, 0.2) is 5.69 Å². The van der Waals surface area contributed by atoms with Gasteiger partial charge in [-0.1, -0.05) is 18.3 Å². The third-order valence-corrected chi connectivity index (χ3v) is 10.3. The molecular weight excluding hydrogens is 408 g/mol. The van der Waals surface area contributed by atoms with Crippen molar-refractivity contribution in [2.24, 2.45) is 29.1 Å². The monoisotopic (exact) mass is 438 g/mol. The predicted octanol–water partition coefficient (Wildman–Crippen LogP) is 4.61. The summed E-state index contributed by atoms with van der Waals surface area (Å²) in [6.45, 7) is 5.00. The van der Waals surface area contributed by atoms with Crippen molar-refractivity contribution in [3.8, 4) is 0 Å². The van der Waals surface area contributed by atoms with E-state index in [1.54, 1.807) is 23.9 Å². The van der Waals surface area contributed by atoms with Crippen LogP contribution in [0.2, 0.25) is 0 Å². The molecule has 7 heteroatoms. The molecule has 0 N–H and O–H groups in total. The van der Waals surface area contributed by atoms with E-state index < -0.39 is 0 Å². The molecule has 164 valence electrons. The number of nitrogens with zero attached hydrogens (tertiary/aromatic N) is 4. The summed E-state index contributed by atoms with van der Waals surface area (Å²) in [4.78, 5) is 22.0. The molecule has 31 heavy (non-hydrogen) atoms. The maximum Gasteiger partial charge on any atom is 0.358 e. The molecule has 6 rings (SSSR count). The number of fused-ring (bicyclic) bond motifs is 7. The summed E-state index contributed by atoms with van der Waals surface area (Å²) in [6, 6.07) is 0. The van der Waals surface area contributed by atoms with Crippen molar-refractivity contribution in [1.29, 1.82) is 0 Å². The van der Waals surface area contributed by atoms with E-state index in [0.29, 0.717) is 17.0 Å². The van der Waals surface area contributed by atoms with Gasteiger partial charge in [-0.15, -0.1) is 5.10 Å². The minimum absolute atomic E-state index is 0.00625. The van der Waals surface area contributed by atoms with Crippen molar-refractivity contribution in [2.45, 2.75) is 76.7 Å². The summed E-state index contributed by atoms with van der Waals surface area (Å²) in [5.74, 6) is 2.61. The Morgan fingerprint density at radius 3 is 2.87 bits per heavy atom. The zero-order valence-electron chi connectivity index (χ0n) is 18.3. The Bertz CT molecular complexity index is 996. The fourth-order valence-corrected chi connectivity index (χ4v) is 8.74. The first-order valence-corrected chi connectivity index (χ1v) is 12.5. The molecule has 0 saturated heterocycles. The molecule has 3 fully saturated rings. The van der Waals surface area contributed by atoms with E-state index in [1.165, 1.54) is 48.9 Å². The maximum absolute atomic E-state index is 12.5. The second kappa shape index (κ2) is 7.06. The molecule has 0 spiro atoms. The third-order valence-electron chi connectivity index (χ3n) is 9.56. The highest BCUT2D eigenvalue weighted by molar-refractivity contribution is 7.05. The molecule has 0 aliphatic heterocycles. The molecule has 4 aliphatic rings. The molecule has 0 amide bonds. The van der Waals surface area contributed by atoms with Crippen LogP contribution < -0.4 is 0 Å². The standard InChI is InChI=1S/C24H30N4O2S/c1-23-7-5-15(30-22(29)19-13-25-9-10-26-19)11-14(23)3-4-16-17(23)6-8-24(2)18(16)12-20-21(24)27-28-31-20/h9-10,13-18H,3-8,11-12H2,1-2H3/t14-,15-,16+,17-,18-,23-,24-/m0/s1. The quantitative estimate of drug-likeness (QED) is 0.637. The van der Waals surface area contributed by atoms with Crippen LogP contribution in [0, 0.1) is 29.1 Å². The van der Waals surface area contributed by atoms with Crippen molar-refractivity contribution >= 4 is 17.5 Å². The van der Waals surface area contributed by atoms with E-state index in [1.807, 2.05) is 0 Å². The van der Waals surface area contributed by atoms with Gasteiger partial charge in [-0.05, 0) is 92.0 Å². The molecule has 6 nitrogen and oxygen atoms in total. The molecule has 4 aliphatic carbocycles. The zero-order chi connectivity index (χ0) is 21.2. The number of rotatable bonds is 2. The van der Waals surface area contributed by atoms with Crippen LogP contribution in [0.15, 0.2) is 18.6 Å². The van der Waals surface area contributed by atoms with Gasteiger partial charge < -0.3 is 4.74 Å². The summed E-state index contributed by atoms with van der Waals surface area (Å²) in [5, 5.41) is 4.56. The fourth-order valence-electron chi connectivity index (χ4n) is 7.91. The van der Waals surface area contributed by atoms with Gasteiger partial charge in [0.25, 0.3) is 0 Å². The molecule has 2 aromatic rings. The first-order valence-electron chi connectivity index (χ1n) is 11.8. The molecule has 3 saturated carbocycles. The number of carbonyl (C=O) groups is 1. The van der Waals surface area contributed by atoms with Gasteiger partial charge in [-0.3, -0.25) is 4.98 Å². The predicted molar refractivity (Wildman–Crippen MR) is 117 cm³/mol. The first kappa shape index (κ1) is 19.8. The average molecular weight is 439 g/mol. The van der Waals surface area contributed by atoms with Crippen molar-refractivity contribution in [3.05, 3.63) is 34.9 Å². The van der Waals surface area contributed by atoms with E-state index in [2.05, 4.69) is 33.4 Å². The second-order valence-electron chi connectivity index (χ2n) is 10.8. The van der Waals surface area contributed by atoms with Crippen molar-refractivity contribution in [3.63, 3.8) is 0 Å². The van der Waals surface area contributed by atoms with Gasteiger partial charge in [0.2, 0.25) is 0 Å². The molecule has 7 atom stereocenters. The SMILES string of the molecule is C[C@]12CC[C@H](OC(=O)c3cnccn3)C[C@@H]1CC[C@@H]1[C@@H]2CC[C@]2(C)c3nnsc3C[C@@H]12. The van der Waals surface area contributed by atoms with Crippen LogP contribution in [0.3, 0.4) is 0 Å². The Balaban J connectivity index is 1.18. The highest BCUT2D eigenvalue weighted by atomic mass is 32.1. The topological polar surface area (TPSA) is 77.9 Å². The Morgan fingerprint density at radius 1 is 1.13 bits per heavy atom.